The number of rotatable bonds is 3. The Morgan fingerprint density at radius 3 is 3.15 bits per heavy atom. The van der Waals surface area contributed by atoms with Crippen molar-refractivity contribution in [2.24, 2.45) is 0 Å². The molecule has 1 rings (SSSR count). The van der Waals surface area contributed by atoms with Crippen LogP contribution in [-0.4, -0.2) is 25.0 Å². The number of nitrogens with one attached hydrogen (secondary N) is 2. The van der Waals surface area contributed by atoms with Gasteiger partial charge in [-0.05, 0) is 19.3 Å². The predicted molar refractivity (Wildman–Crippen MR) is 53.6 cm³/mol. The minimum atomic E-state index is -0.0991. The Balaban J connectivity index is 2.36. The largest absolute Gasteiger partial charge is 0.355 e. The Kier molecular flexibility index (Phi) is 4.25. The first-order valence-corrected chi connectivity index (χ1v) is 4.92. The fourth-order valence-corrected chi connectivity index (χ4v) is 1.45. The summed E-state index contributed by atoms with van der Waals surface area (Å²) in [5.74, 6) is 0.0791. The van der Waals surface area contributed by atoms with Crippen molar-refractivity contribution in [3.63, 3.8) is 0 Å². The summed E-state index contributed by atoms with van der Waals surface area (Å²) in [7, 11) is 0. The molecule has 0 aromatic rings. The molecule has 0 spiro atoms. The molecule has 0 bridgehead atoms. The summed E-state index contributed by atoms with van der Waals surface area (Å²) in [5, 5.41) is 6.45. The predicted octanol–water partition coefficient (Wildman–Crippen LogP) is 0.997. The van der Waals surface area contributed by atoms with Crippen molar-refractivity contribution in [3.05, 3.63) is 11.6 Å². The van der Waals surface area contributed by atoms with E-state index in [9.17, 15) is 4.79 Å². The van der Waals surface area contributed by atoms with Crippen LogP contribution in [0.2, 0.25) is 0 Å². The van der Waals surface area contributed by atoms with Crippen LogP contribution in [0.1, 0.15) is 19.3 Å². The molecule has 1 aliphatic heterocycles. The average Bonchev–Trinajstić information content (AvgIpc) is 2.27. The minimum absolute atomic E-state index is 0.0791. The van der Waals surface area contributed by atoms with Crippen LogP contribution in [0.4, 0.5) is 0 Å². The first-order chi connectivity index (χ1) is 6.20. The van der Waals surface area contributed by atoms with Crippen molar-refractivity contribution in [2.45, 2.75) is 25.3 Å². The maximum atomic E-state index is 11.4. The molecule has 1 saturated heterocycles. The normalized spacial score (nSPS) is 23.5. The highest BCUT2D eigenvalue weighted by molar-refractivity contribution is 6.29. The smallest absolute Gasteiger partial charge is 0.237 e. The van der Waals surface area contributed by atoms with Crippen LogP contribution in [0.3, 0.4) is 0 Å². The molecule has 3 nitrogen and oxygen atoms in total. The van der Waals surface area contributed by atoms with Crippen LogP contribution >= 0.6 is 11.6 Å². The van der Waals surface area contributed by atoms with Crippen molar-refractivity contribution >= 4 is 17.5 Å². The summed E-state index contributed by atoms with van der Waals surface area (Å²) in [4.78, 5) is 11.4. The number of halogens is 1. The van der Waals surface area contributed by atoms with Crippen LogP contribution in [-0.2, 0) is 4.79 Å². The molecule has 1 unspecified atom stereocenters. The van der Waals surface area contributed by atoms with E-state index in [-0.39, 0.29) is 11.9 Å². The number of hydrogen-bond donors (Lipinski definition) is 2. The van der Waals surface area contributed by atoms with Gasteiger partial charge in [-0.25, -0.2) is 0 Å². The lowest BCUT2D eigenvalue weighted by Crippen LogP contribution is -2.43. The molecule has 1 atom stereocenters. The van der Waals surface area contributed by atoms with E-state index in [0.717, 1.165) is 25.8 Å². The zero-order chi connectivity index (χ0) is 9.68. The van der Waals surface area contributed by atoms with Crippen LogP contribution < -0.4 is 10.6 Å². The quantitative estimate of drug-likeness (QED) is 0.717. The minimum Gasteiger partial charge on any atom is -0.355 e. The third-order valence-corrected chi connectivity index (χ3v) is 2.21. The topological polar surface area (TPSA) is 41.1 Å². The number of amides is 1. The van der Waals surface area contributed by atoms with Crippen LogP contribution in [0.5, 0.6) is 0 Å². The molecule has 1 aliphatic rings. The second kappa shape index (κ2) is 5.25. The molecule has 0 saturated carbocycles. The molecule has 13 heavy (non-hydrogen) atoms. The Morgan fingerprint density at radius 1 is 1.69 bits per heavy atom. The standard InChI is InChI=1S/C9H15ClN2O/c1-7(10)6-12-8-4-2-3-5-11-9(8)13/h8,12H,1-6H2,(H,11,13). The number of carbonyl (C=O) groups is 1. The van der Waals surface area contributed by atoms with Crippen molar-refractivity contribution in [3.8, 4) is 0 Å². The lowest BCUT2D eigenvalue weighted by atomic mass is 10.1. The van der Waals surface area contributed by atoms with E-state index >= 15 is 0 Å². The van der Waals surface area contributed by atoms with Gasteiger partial charge in [-0.2, -0.15) is 0 Å². The SMILES string of the molecule is C=C(Cl)CNC1CCCCNC1=O. The van der Waals surface area contributed by atoms with Crippen LogP contribution in [0, 0.1) is 0 Å². The molecule has 0 aliphatic carbocycles. The van der Waals surface area contributed by atoms with E-state index in [4.69, 9.17) is 11.6 Å². The second-order valence-electron chi connectivity index (χ2n) is 3.24. The van der Waals surface area contributed by atoms with Gasteiger partial charge in [-0.15, -0.1) is 0 Å². The van der Waals surface area contributed by atoms with Gasteiger partial charge >= 0.3 is 0 Å². The Labute approximate surface area is 83.5 Å². The highest BCUT2D eigenvalue weighted by Gasteiger charge is 2.19. The second-order valence-corrected chi connectivity index (χ2v) is 3.77. The summed E-state index contributed by atoms with van der Waals surface area (Å²) >= 11 is 5.60. The molecule has 1 amide bonds. The highest BCUT2D eigenvalue weighted by atomic mass is 35.5. The third kappa shape index (κ3) is 3.79. The monoisotopic (exact) mass is 202 g/mol. The maximum Gasteiger partial charge on any atom is 0.237 e. The van der Waals surface area contributed by atoms with Crippen LogP contribution in [0.25, 0.3) is 0 Å². The lowest BCUT2D eigenvalue weighted by molar-refractivity contribution is -0.122. The van der Waals surface area contributed by atoms with Crippen molar-refractivity contribution in [1.82, 2.24) is 10.6 Å². The molecule has 0 radical (unpaired) electrons. The van der Waals surface area contributed by atoms with Gasteiger partial charge in [0.2, 0.25) is 5.91 Å². The molecule has 4 heteroatoms. The fraction of sp³-hybridized carbons (Fsp3) is 0.667. The van der Waals surface area contributed by atoms with Gasteiger partial charge in [0, 0.05) is 18.1 Å². The molecular formula is C9H15ClN2O. The summed E-state index contributed by atoms with van der Waals surface area (Å²) in [6, 6.07) is -0.0991. The summed E-state index contributed by atoms with van der Waals surface area (Å²) in [6.07, 6.45) is 3.02. The van der Waals surface area contributed by atoms with E-state index < -0.39 is 0 Å². The third-order valence-electron chi connectivity index (χ3n) is 2.08. The van der Waals surface area contributed by atoms with E-state index in [1.165, 1.54) is 0 Å². The molecule has 1 fully saturated rings. The van der Waals surface area contributed by atoms with E-state index in [2.05, 4.69) is 17.2 Å². The first kappa shape index (κ1) is 10.5. The van der Waals surface area contributed by atoms with Crippen molar-refractivity contribution in [1.29, 1.82) is 0 Å². The van der Waals surface area contributed by atoms with Gasteiger partial charge in [0.25, 0.3) is 0 Å². The van der Waals surface area contributed by atoms with E-state index in [1.807, 2.05) is 0 Å². The van der Waals surface area contributed by atoms with Gasteiger partial charge in [0.15, 0.2) is 0 Å². The summed E-state index contributed by atoms with van der Waals surface area (Å²) < 4.78 is 0. The number of carbonyl (C=O) groups excluding carboxylic acids is 1. The Bertz CT molecular complexity index is 206. The molecular weight excluding hydrogens is 188 g/mol. The first-order valence-electron chi connectivity index (χ1n) is 4.54. The molecule has 0 aromatic heterocycles. The van der Waals surface area contributed by atoms with Gasteiger partial charge in [0.1, 0.15) is 0 Å². The molecule has 74 valence electrons. The fourth-order valence-electron chi connectivity index (χ4n) is 1.37. The zero-order valence-corrected chi connectivity index (χ0v) is 8.36. The van der Waals surface area contributed by atoms with Gasteiger partial charge in [-0.3, -0.25) is 4.79 Å². The summed E-state index contributed by atoms with van der Waals surface area (Å²) in [6.45, 7) is 4.85. The molecule has 1 heterocycles. The van der Waals surface area contributed by atoms with Crippen LogP contribution in [0.15, 0.2) is 11.6 Å². The molecule has 0 aromatic carbocycles. The Hall–Kier alpha value is -0.540. The highest BCUT2D eigenvalue weighted by Crippen LogP contribution is 2.06. The van der Waals surface area contributed by atoms with Gasteiger partial charge in [-0.1, -0.05) is 18.2 Å². The van der Waals surface area contributed by atoms with E-state index in [1.54, 1.807) is 0 Å². The zero-order valence-electron chi connectivity index (χ0n) is 7.61. The van der Waals surface area contributed by atoms with Gasteiger partial charge < -0.3 is 10.6 Å². The Morgan fingerprint density at radius 2 is 2.46 bits per heavy atom. The molecule has 2 N–H and O–H groups in total. The van der Waals surface area contributed by atoms with Gasteiger partial charge in [0.05, 0.1) is 6.04 Å². The van der Waals surface area contributed by atoms with Crippen molar-refractivity contribution in [2.75, 3.05) is 13.1 Å². The lowest BCUT2D eigenvalue weighted by Gasteiger charge is -2.14. The maximum absolute atomic E-state index is 11.4. The van der Waals surface area contributed by atoms with Crippen molar-refractivity contribution < 1.29 is 4.79 Å². The average molecular weight is 203 g/mol. The number of hydrogen-bond acceptors (Lipinski definition) is 2. The van der Waals surface area contributed by atoms with E-state index in [0.29, 0.717) is 11.6 Å². The summed E-state index contributed by atoms with van der Waals surface area (Å²) in [5.41, 5.74) is 0.